The van der Waals surface area contributed by atoms with Crippen molar-refractivity contribution in [3.8, 4) is 0 Å². The summed E-state index contributed by atoms with van der Waals surface area (Å²) in [6.45, 7) is 3.41. The first-order valence-electron chi connectivity index (χ1n) is 8.69. The Morgan fingerprint density at radius 1 is 1.22 bits per heavy atom. The van der Waals surface area contributed by atoms with E-state index in [0.717, 1.165) is 19.4 Å². The van der Waals surface area contributed by atoms with E-state index in [4.69, 9.17) is 0 Å². The Labute approximate surface area is 138 Å². The van der Waals surface area contributed by atoms with Crippen molar-refractivity contribution in [1.82, 2.24) is 14.7 Å². The zero-order valence-corrected chi connectivity index (χ0v) is 14.0. The minimum Gasteiger partial charge on any atom is -0.282 e. The molecule has 1 unspecified atom stereocenters. The fraction of sp³-hybridized carbons (Fsp3) is 0.611. The van der Waals surface area contributed by atoms with Crippen LogP contribution in [0.3, 0.4) is 0 Å². The van der Waals surface area contributed by atoms with Crippen molar-refractivity contribution in [2.75, 3.05) is 6.54 Å². The van der Waals surface area contributed by atoms with E-state index in [0.29, 0.717) is 19.4 Å². The van der Waals surface area contributed by atoms with Crippen LogP contribution in [-0.2, 0) is 16.1 Å². The van der Waals surface area contributed by atoms with Crippen molar-refractivity contribution >= 4 is 11.8 Å². The molecule has 1 atom stereocenters. The highest BCUT2D eigenvalue weighted by molar-refractivity contribution is 6.03. The van der Waals surface area contributed by atoms with Crippen LogP contribution in [0.15, 0.2) is 30.6 Å². The lowest BCUT2D eigenvalue weighted by atomic mass is 10.0. The van der Waals surface area contributed by atoms with Crippen molar-refractivity contribution in [1.29, 1.82) is 0 Å². The molecule has 2 amide bonds. The molecule has 0 aromatic carbocycles. The highest BCUT2D eigenvalue weighted by Gasteiger charge is 2.37. The third kappa shape index (κ3) is 5.34. The largest absolute Gasteiger partial charge is 0.282 e. The molecule has 1 saturated heterocycles. The first-order chi connectivity index (χ1) is 11.2. The lowest BCUT2D eigenvalue weighted by Crippen LogP contribution is -2.32. The summed E-state index contributed by atoms with van der Waals surface area (Å²) in [5, 5.41) is 4.12. The monoisotopic (exact) mass is 317 g/mol. The predicted molar refractivity (Wildman–Crippen MR) is 89.6 cm³/mol. The maximum atomic E-state index is 12.3. The van der Waals surface area contributed by atoms with Gasteiger partial charge in [0.2, 0.25) is 11.8 Å². The summed E-state index contributed by atoms with van der Waals surface area (Å²) in [6.07, 6.45) is 14.4. The number of amides is 2. The van der Waals surface area contributed by atoms with Gasteiger partial charge in [-0.25, -0.2) is 0 Å². The van der Waals surface area contributed by atoms with Gasteiger partial charge in [0.25, 0.3) is 0 Å². The number of unbranched alkanes of at least 4 members (excludes halogenated alkanes) is 3. The summed E-state index contributed by atoms with van der Waals surface area (Å²) in [6, 6.07) is 1.87. The van der Waals surface area contributed by atoms with Crippen LogP contribution in [-0.4, -0.2) is 33.0 Å². The summed E-state index contributed by atoms with van der Waals surface area (Å²) in [5.41, 5.74) is 0. The molecule has 5 heteroatoms. The normalized spacial score (nSPS) is 18.5. The molecule has 0 bridgehead atoms. The molecule has 1 aromatic rings. The van der Waals surface area contributed by atoms with Gasteiger partial charge in [-0.3, -0.25) is 19.2 Å². The number of aryl methyl sites for hydroxylation is 1. The number of rotatable bonds is 10. The quantitative estimate of drug-likeness (QED) is 0.378. The molecule has 23 heavy (non-hydrogen) atoms. The summed E-state index contributed by atoms with van der Waals surface area (Å²) < 4.78 is 1.82. The lowest BCUT2D eigenvalue weighted by Gasteiger charge is -2.14. The van der Waals surface area contributed by atoms with Gasteiger partial charge in [-0.05, 0) is 31.7 Å². The molecule has 126 valence electrons. The molecule has 1 aliphatic heterocycles. The molecule has 5 nitrogen and oxygen atoms in total. The number of allylic oxidation sites excluding steroid dienone is 2. The number of imide groups is 1. The molecule has 0 N–H and O–H groups in total. The van der Waals surface area contributed by atoms with Crippen LogP contribution in [0.5, 0.6) is 0 Å². The fourth-order valence-electron chi connectivity index (χ4n) is 2.88. The van der Waals surface area contributed by atoms with Crippen molar-refractivity contribution in [3.05, 3.63) is 30.6 Å². The van der Waals surface area contributed by atoms with Gasteiger partial charge in [0.15, 0.2) is 0 Å². The van der Waals surface area contributed by atoms with E-state index >= 15 is 0 Å². The SMILES string of the molecule is CCCCCC=CCC1CC(=O)N(CCCn2cccn2)C1=O. The number of carbonyl (C=O) groups excluding carboxylic acids is 2. The van der Waals surface area contributed by atoms with Crippen LogP contribution < -0.4 is 0 Å². The van der Waals surface area contributed by atoms with Crippen molar-refractivity contribution in [2.24, 2.45) is 5.92 Å². The molecule has 0 spiro atoms. The second-order valence-corrected chi connectivity index (χ2v) is 6.11. The predicted octanol–water partition coefficient (Wildman–Crippen LogP) is 3.17. The Hall–Kier alpha value is -1.91. The summed E-state index contributed by atoms with van der Waals surface area (Å²) >= 11 is 0. The maximum Gasteiger partial charge on any atom is 0.233 e. The Kier molecular flexibility index (Phi) is 7.04. The zero-order chi connectivity index (χ0) is 16.5. The molecule has 1 fully saturated rings. The first kappa shape index (κ1) is 17.4. The highest BCUT2D eigenvalue weighted by Crippen LogP contribution is 2.23. The maximum absolute atomic E-state index is 12.3. The molecule has 0 radical (unpaired) electrons. The van der Waals surface area contributed by atoms with Crippen LogP contribution >= 0.6 is 0 Å². The van der Waals surface area contributed by atoms with Crippen LogP contribution in [0.25, 0.3) is 0 Å². The van der Waals surface area contributed by atoms with Crippen LogP contribution in [0.2, 0.25) is 0 Å². The van der Waals surface area contributed by atoms with Gasteiger partial charge in [-0.2, -0.15) is 5.10 Å². The number of hydrogen-bond acceptors (Lipinski definition) is 3. The topological polar surface area (TPSA) is 55.2 Å². The second-order valence-electron chi connectivity index (χ2n) is 6.11. The Balaban J connectivity index is 1.71. The Morgan fingerprint density at radius 2 is 2.09 bits per heavy atom. The van der Waals surface area contributed by atoms with Crippen LogP contribution in [0, 0.1) is 5.92 Å². The van der Waals surface area contributed by atoms with Crippen molar-refractivity contribution in [3.63, 3.8) is 0 Å². The van der Waals surface area contributed by atoms with E-state index in [1.807, 2.05) is 16.9 Å². The molecule has 1 aliphatic rings. The average Bonchev–Trinajstić information content (AvgIpc) is 3.14. The average molecular weight is 317 g/mol. The van der Waals surface area contributed by atoms with Crippen LogP contribution in [0.4, 0.5) is 0 Å². The second kappa shape index (κ2) is 9.28. The van der Waals surface area contributed by atoms with Crippen LogP contribution in [0.1, 0.15) is 51.9 Å². The molecule has 2 rings (SSSR count). The number of hydrogen-bond donors (Lipinski definition) is 0. The number of likely N-dealkylation sites (tertiary alicyclic amines) is 1. The summed E-state index contributed by atoms with van der Waals surface area (Å²) in [7, 11) is 0. The molecule has 0 aliphatic carbocycles. The lowest BCUT2D eigenvalue weighted by molar-refractivity contribution is -0.139. The van der Waals surface area contributed by atoms with E-state index in [2.05, 4.69) is 24.2 Å². The number of aromatic nitrogens is 2. The van der Waals surface area contributed by atoms with E-state index in [1.54, 1.807) is 6.20 Å². The molecule has 2 heterocycles. The first-order valence-corrected chi connectivity index (χ1v) is 8.69. The van der Waals surface area contributed by atoms with Gasteiger partial charge in [0.05, 0.1) is 5.92 Å². The summed E-state index contributed by atoms with van der Waals surface area (Å²) in [5.74, 6) is -0.192. The molecular weight excluding hydrogens is 290 g/mol. The van der Waals surface area contributed by atoms with E-state index < -0.39 is 0 Å². The minimum atomic E-state index is -0.158. The number of carbonyl (C=O) groups is 2. The standard InChI is InChI=1S/C18H27N3O2/c1-2-3-4-5-6-7-10-16-15-17(22)21(18(16)23)14-9-13-20-12-8-11-19-20/h6-8,11-12,16H,2-5,9-10,13-15H2,1H3. The van der Waals surface area contributed by atoms with E-state index in [-0.39, 0.29) is 17.7 Å². The number of nitrogens with zero attached hydrogens (tertiary/aromatic N) is 3. The smallest absolute Gasteiger partial charge is 0.233 e. The van der Waals surface area contributed by atoms with Gasteiger partial charge in [-0.1, -0.05) is 31.9 Å². The fourth-order valence-corrected chi connectivity index (χ4v) is 2.88. The van der Waals surface area contributed by atoms with Crippen molar-refractivity contribution in [2.45, 2.75) is 58.4 Å². The molecular formula is C18H27N3O2. The van der Waals surface area contributed by atoms with E-state index in [9.17, 15) is 9.59 Å². The highest BCUT2D eigenvalue weighted by atomic mass is 16.2. The third-order valence-corrected chi connectivity index (χ3v) is 4.23. The molecule has 0 saturated carbocycles. The Morgan fingerprint density at radius 3 is 2.83 bits per heavy atom. The van der Waals surface area contributed by atoms with Gasteiger partial charge in [0, 0.05) is 31.9 Å². The van der Waals surface area contributed by atoms with Gasteiger partial charge >= 0.3 is 0 Å². The van der Waals surface area contributed by atoms with Gasteiger partial charge < -0.3 is 0 Å². The zero-order valence-electron chi connectivity index (χ0n) is 14.0. The Bertz CT molecular complexity index is 522. The van der Waals surface area contributed by atoms with Gasteiger partial charge in [-0.15, -0.1) is 0 Å². The van der Waals surface area contributed by atoms with Gasteiger partial charge in [0.1, 0.15) is 0 Å². The summed E-state index contributed by atoms with van der Waals surface area (Å²) in [4.78, 5) is 25.8. The third-order valence-electron chi connectivity index (χ3n) is 4.23. The van der Waals surface area contributed by atoms with Crippen molar-refractivity contribution < 1.29 is 9.59 Å². The molecule has 1 aromatic heterocycles. The minimum absolute atomic E-state index is 0.00586. The van der Waals surface area contributed by atoms with E-state index in [1.165, 1.54) is 24.2 Å².